The molecule has 1 aliphatic rings. The molecule has 1 atom stereocenters. The van der Waals surface area contributed by atoms with E-state index in [4.69, 9.17) is 0 Å². The summed E-state index contributed by atoms with van der Waals surface area (Å²) < 4.78 is 0. The van der Waals surface area contributed by atoms with Gasteiger partial charge in [0.1, 0.15) is 5.01 Å². The number of amides is 1. The summed E-state index contributed by atoms with van der Waals surface area (Å²) in [6.07, 6.45) is 4.62. The lowest BCUT2D eigenvalue weighted by molar-refractivity contribution is -0.127. The van der Waals surface area contributed by atoms with Crippen LogP contribution >= 0.6 is 36.2 Å². The predicted octanol–water partition coefficient (Wildman–Crippen LogP) is 2.14. The van der Waals surface area contributed by atoms with Crippen molar-refractivity contribution in [2.45, 2.75) is 38.3 Å². The average Bonchev–Trinajstić information content (AvgIpc) is 2.97. The lowest BCUT2D eigenvalue weighted by Gasteiger charge is -2.26. The number of carbonyl (C=O) groups is 1. The van der Waals surface area contributed by atoms with Crippen molar-refractivity contribution in [1.82, 2.24) is 15.6 Å². The fourth-order valence-corrected chi connectivity index (χ4v) is 2.68. The van der Waals surface area contributed by atoms with Crippen LogP contribution in [0.4, 0.5) is 0 Å². The maximum Gasteiger partial charge on any atom is 0.240 e. The third kappa shape index (κ3) is 3.82. The van der Waals surface area contributed by atoms with Gasteiger partial charge < -0.3 is 10.6 Å². The van der Waals surface area contributed by atoms with Crippen LogP contribution in [0.5, 0.6) is 0 Å². The Labute approximate surface area is 124 Å². The average molecular weight is 312 g/mol. The van der Waals surface area contributed by atoms with Crippen molar-refractivity contribution in [3.05, 3.63) is 16.6 Å². The highest BCUT2D eigenvalue weighted by Gasteiger charge is 2.38. The third-order valence-corrected chi connectivity index (χ3v) is 3.95. The molecule has 0 aromatic carbocycles. The molecule has 1 aliphatic heterocycles. The zero-order chi connectivity index (χ0) is 11.4. The van der Waals surface area contributed by atoms with Gasteiger partial charge in [0.05, 0.1) is 12.1 Å². The quantitative estimate of drug-likeness (QED) is 0.895. The second kappa shape index (κ2) is 7.94. The maximum absolute atomic E-state index is 12.1. The molecular weight excluding hydrogens is 293 g/mol. The third-order valence-electron chi connectivity index (χ3n) is 3.17. The zero-order valence-corrected chi connectivity index (χ0v) is 12.7. The first kappa shape index (κ1) is 17.6. The molecular formula is C11H19Cl2N3OS. The molecule has 1 aromatic rings. The van der Waals surface area contributed by atoms with E-state index >= 15 is 0 Å². The van der Waals surface area contributed by atoms with Gasteiger partial charge in [0.2, 0.25) is 5.91 Å². The topological polar surface area (TPSA) is 54.0 Å². The minimum atomic E-state index is -0.336. The second-order valence-corrected chi connectivity index (χ2v) is 5.05. The molecule has 1 amide bonds. The normalized spacial score (nSPS) is 21.8. The van der Waals surface area contributed by atoms with E-state index in [1.165, 1.54) is 0 Å². The summed E-state index contributed by atoms with van der Waals surface area (Å²) in [4.78, 5) is 16.2. The summed E-state index contributed by atoms with van der Waals surface area (Å²) in [6, 6.07) is 0. The van der Waals surface area contributed by atoms with E-state index in [9.17, 15) is 4.79 Å². The molecule has 0 saturated carbocycles. The zero-order valence-electron chi connectivity index (χ0n) is 10.3. The van der Waals surface area contributed by atoms with Crippen molar-refractivity contribution in [3.8, 4) is 0 Å². The molecule has 7 heteroatoms. The Morgan fingerprint density at radius 1 is 1.61 bits per heavy atom. The fraction of sp³-hybridized carbons (Fsp3) is 0.636. The second-order valence-electron chi connectivity index (χ2n) is 4.07. The summed E-state index contributed by atoms with van der Waals surface area (Å²) in [6.45, 7) is 3.54. The molecule has 4 nitrogen and oxygen atoms in total. The van der Waals surface area contributed by atoms with E-state index in [0.29, 0.717) is 6.54 Å². The Hall–Kier alpha value is -0.360. The highest BCUT2D eigenvalue weighted by Crippen LogP contribution is 2.23. The standard InChI is InChI=1S/C11H17N3OS.2ClH/c1-2-11(4-3-5-14-11)10(15)13-8-9-12-6-7-16-9;;/h6-7,14H,2-5,8H2,1H3,(H,13,15);2*1H. The van der Waals surface area contributed by atoms with Crippen LogP contribution in [0, 0.1) is 0 Å². The molecule has 1 fully saturated rings. The molecule has 0 spiro atoms. The number of nitrogens with zero attached hydrogens (tertiary/aromatic N) is 1. The number of carbonyl (C=O) groups excluding carboxylic acids is 1. The van der Waals surface area contributed by atoms with E-state index in [1.807, 2.05) is 5.38 Å². The molecule has 0 radical (unpaired) electrons. The summed E-state index contributed by atoms with van der Waals surface area (Å²) in [5.74, 6) is 0.114. The van der Waals surface area contributed by atoms with Gasteiger partial charge in [-0.1, -0.05) is 6.92 Å². The van der Waals surface area contributed by atoms with Crippen LogP contribution in [0.15, 0.2) is 11.6 Å². The van der Waals surface area contributed by atoms with Crippen LogP contribution in [0.25, 0.3) is 0 Å². The van der Waals surface area contributed by atoms with Crippen LogP contribution in [0.1, 0.15) is 31.2 Å². The van der Waals surface area contributed by atoms with Gasteiger partial charge in [-0.25, -0.2) is 4.98 Å². The summed E-state index contributed by atoms with van der Waals surface area (Å²) >= 11 is 1.57. The highest BCUT2D eigenvalue weighted by molar-refractivity contribution is 7.09. The number of nitrogens with one attached hydrogen (secondary N) is 2. The van der Waals surface area contributed by atoms with Crippen LogP contribution in [0.2, 0.25) is 0 Å². The molecule has 1 unspecified atom stereocenters. The Kier molecular flexibility index (Phi) is 7.78. The Morgan fingerprint density at radius 3 is 2.89 bits per heavy atom. The molecule has 1 saturated heterocycles. The van der Waals surface area contributed by atoms with Crippen molar-refractivity contribution >= 4 is 42.1 Å². The maximum atomic E-state index is 12.1. The van der Waals surface area contributed by atoms with Crippen LogP contribution in [-0.2, 0) is 11.3 Å². The number of hydrogen-bond acceptors (Lipinski definition) is 4. The lowest BCUT2D eigenvalue weighted by atomic mass is 9.93. The molecule has 2 rings (SSSR count). The fourth-order valence-electron chi connectivity index (χ4n) is 2.13. The smallest absolute Gasteiger partial charge is 0.240 e. The lowest BCUT2D eigenvalue weighted by Crippen LogP contribution is -2.52. The molecule has 0 bridgehead atoms. The van der Waals surface area contributed by atoms with Gasteiger partial charge in [-0.2, -0.15) is 0 Å². The predicted molar refractivity (Wildman–Crippen MR) is 78.7 cm³/mol. The number of hydrogen-bond donors (Lipinski definition) is 2. The Balaban J connectivity index is 0.00000144. The first-order chi connectivity index (χ1) is 7.77. The van der Waals surface area contributed by atoms with Gasteiger partial charge in [-0.05, 0) is 25.8 Å². The number of rotatable bonds is 4. The molecule has 0 aliphatic carbocycles. The first-order valence-electron chi connectivity index (χ1n) is 5.68. The minimum Gasteiger partial charge on any atom is -0.348 e. The van der Waals surface area contributed by atoms with Crippen LogP contribution < -0.4 is 10.6 Å². The van der Waals surface area contributed by atoms with Gasteiger partial charge in [0.25, 0.3) is 0 Å². The monoisotopic (exact) mass is 311 g/mol. The van der Waals surface area contributed by atoms with E-state index in [-0.39, 0.29) is 36.3 Å². The van der Waals surface area contributed by atoms with Gasteiger partial charge in [-0.15, -0.1) is 36.2 Å². The van der Waals surface area contributed by atoms with Gasteiger partial charge in [-0.3, -0.25) is 4.79 Å². The Morgan fingerprint density at radius 2 is 2.39 bits per heavy atom. The molecule has 2 N–H and O–H groups in total. The van der Waals surface area contributed by atoms with Crippen molar-refractivity contribution in [2.24, 2.45) is 0 Å². The summed E-state index contributed by atoms with van der Waals surface area (Å²) in [7, 11) is 0. The number of halogens is 2. The van der Waals surface area contributed by atoms with Gasteiger partial charge in [0, 0.05) is 11.6 Å². The minimum absolute atomic E-state index is 0. The SMILES string of the molecule is CCC1(C(=O)NCc2nccs2)CCCN1.Cl.Cl. The highest BCUT2D eigenvalue weighted by atomic mass is 35.5. The largest absolute Gasteiger partial charge is 0.348 e. The molecule has 18 heavy (non-hydrogen) atoms. The van der Waals surface area contributed by atoms with Crippen molar-refractivity contribution in [1.29, 1.82) is 0 Å². The van der Waals surface area contributed by atoms with Crippen molar-refractivity contribution in [2.75, 3.05) is 6.54 Å². The van der Waals surface area contributed by atoms with Crippen LogP contribution in [-0.4, -0.2) is 23.0 Å². The number of thiazole rings is 1. The van der Waals surface area contributed by atoms with Gasteiger partial charge in [0.15, 0.2) is 0 Å². The molecule has 104 valence electrons. The van der Waals surface area contributed by atoms with Crippen molar-refractivity contribution < 1.29 is 4.79 Å². The van der Waals surface area contributed by atoms with E-state index in [0.717, 1.165) is 30.8 Å². The first-order valence-corrected chi connectivity index (χ1v) is 6.56. The van der Waals surface area contributed by atoms with E-state index in [1.54, 1.807) is 17.5 Å². The summed E-state index contributed by atoms with van der Waals surface area (Å²) in [5, 5.41) is 9.16. The molecule has 1 aromatic heterocycles. The van der Waals surface area contributed by atoms with Gasteiger partial charge >= 0.3 is 0 Å². The van der Waals surface area contributed by atoms with E-state index in [2.05, 4.69) is 22.5 Å². The number of aromatic nitrogens is 1. The summed E-state index contributed by atoms with van der Waals surface area (Å²) in [5.41, 5.74) is -0.336. The molecule has 2 heterocycles. The van der Waals surface area contributed by atoms with Crippen LogP contribution in [0.3, 0.4) is 0 Å². The Bertz CT molecular complexity index is 353. The van der Waals surface area contributed by atoms with Crippen molar-refractivity contribution in [3.63, 3.8) is 0 Å². The van der Waals surface area contributed by atoms with E-state index < -0.39 is 0 Å².